The fraction of sp³-hybridized carbons (Fsp3) is 0.333. The number of hydrogen-bond donors (Lipinski definition) is 2. The molecule has 0 saturated heterocycles. The van der Waals surface area contributed by atoms with E-state index in [0.29, 0.717) is 6.42 Å². The first-order chi connectivity index (χ1) is 8.45. The van der Waals surface area contributed by atoms with E-state index < -0.39 is 23.6 Å². The van der Waals surface area contributed by atoms with Crippen molar-refractivity contribution < 1.29 is 13.6 Å². The van der Waals surface area contributed by atoms with Crippen molar-refractivity contribution >= 4 is 23.1 Å². The van der Waals surface area contributed by atoms with E-state index in [1.807, 2.05) is 6.92 Å². The fourth-order valence-corrected chi connectivity index (χ4v) is 1.70. The highest BCUT2D eigenvalue weighted by Gasteiger charge is 2.15. The molecular weight excluding hydrogens is 258 g/mol. The summed E-state index contributed by atoms with van der Waals surface area (Å²) in [6.45, 7) is 1.81. The van der Waals surface area contributed by atoms with Crippen LogP contribution in [0.15, 0.2) is 18.2 Å². The first-order valence-corrected chi connectivity index (χ1v) is 5.88. The summed E-state index contributed by atoms with van der Waals surface area (Å²) in [5.41, 5.74) is 5.43. The van der Waals surface area contributed by atoms with Crippen LogP contribution in [-0.2, 0) is 11.2 Å². The van der Waals surface area contributed by atoms with E-state index >= 15 is 0 Å². The number of nitrogens with one attached hydrogen (secondary N) is 1. The SMILES string of the molecule is CCC(NC(=O)Cc1cccc(F)c1F)C(N)=S. The topological polar surface area (TPSA) is 55.1 Å². The Hall–Kier alpha value is -1.56. The molecule has 18 heavy (non-hydrogen) atoms. The molecule has 0 aromatic heterocycles. The molecular formula is C12H14F2N2OS. The van der Waals surface area contributed by atoms with Crippen molar-refractivity contribution in [2.45, 2.75) is 25.8 Å². The van der Waals surface area contributed by atoms with Gasteiger partial charge in [-0.1, -0.05) is 31.3 Å². The minimum Gasteiger partial charge on any atom is -0.392 e. The maximum absolute atomic E-state index is 13.3. The van der Waals surface area contributed by atoms with Crippen LogP contribution < -0.4 is 11.1 Å². The molecule has 0 aliphatic rings. The smallest absolute Gasteiger partial charge is 0.225 e. The number of amides is 1. The molecule has 1 amide bonds. The number of rotatable bonds is 5. The number of carbonyl (C=O) groups is 1. The van der Waals surface area contributed by atoms with Gasteiger partial charge in [-0.3, -0.25) is 4.79 Å². The maximum atomic E-state index is 13.3. The summed E-state index contributed by atoms with van der Waals surface area (Å²) < 4.78 is 26.3. The fourth-order valence-electron chi connectivity index (χ4n) is 1.48. The van der Waals surface area contributed by atoms with E-state index in [2.05, 4.69) is 5.32 Å². The molecule has 1 aromatic rings. The zero-order valence-corrected chi connectivity index (χ0v) is 10.7. The third-order valence-electron chi connectivity index (χ3n) is 2.47. The van der Waals surface area contributed by atoms with E-state index in [1.54, 1.807) is 0 Å². The molecule has 0 bridgehead atoms. The highest BCUT2D eigenvalue weighted by molar-refractivity contribution is 7.80. The Morgan fingerprint density at radius 1 is 1.50 bits per heavy atom. The van der Waals surface area contributed by atoms with Crippen molar-refractivity contribution in [3.8, 4) is 0 Å². The number of hydrogen-bond acceptors (Lipinski definition) is 2. The lowest BCUT2D eigenvalue weighted by Crippen LogP contribution is -2.43. The molecule has 1 unspecified atom stereocenters. The summed E-state index contributed by atoms with van der Waals surface area (Å²) in [5.74, 6) is -2.42. The third kappa shape index (κ3) is 3.73. The number of thiocarbonyl (C=S) groups is 1. The predicted molar refractivity (Wildman–Crippen MR) is 69.1 cm³/mol. The summed E-state index contributed by atoms with van der Waals surface area (Å²) in [7, 11) is 0. The van der Waals surface area contributed by atoms with Gasteiger partial charge in [0.2, 0.25) is 5.91 Å². The average molecular weight is 272 g/mol. The van der Waals surface area contributed by atoms with Crippen LogP contribution in [0.4, 0.5) is 8.78 Å². The van der Waals surface area contributed by atoms with Gasteiger partial charge in [-0.05, 0) is 12.5 Å². The van der Waals surface area contributed by atoms with Gasteiger partial charge in [0.25, 0.3) is 0 Å². The first kappa shape index (κ1) is 14.5. The summed E-state index contributed by atoms with van der Waals surface area (Å²) in [5, 5.41) is 2.57. The van der Waals surface area contributed by atoms with Gasteiger partial charge in [-0.15, -0.1) is 0 Å². The van der Waals surface area contributed by atoms with Gasteiger partial charge in [-0.2, -0.15) is 0 Å². The normalized spacial score (nSPS) is 11.9. The van der Waals surface area contributed by atoms with Crippen LogP contribution in [0, 0.1) is 11.6 Å². The summed E-state index contributed by atoms with van der Waals surface area (Å²) in [6, 6.07) is 3.29. The van der Waals surface area contributed by atoms with Gasteiger partial charge >= 0.3 is 0 Å². The molecule has 0 aliphatic heterocycles. The molecule has 3 N–H and O–H groups in total. The molecule has 1 aromatic carbocycles. The van der Waals surface area contributed by atoms with Crippen molar-refractivity contribution in [3.63, 3.8) is 0 Å². The lowest BCUT2D eigenvalue weighted by molar-refractivity contribution is -0.120. The number of halogens is 2. The largest absolute Gasteiger partial charge is 0.392 e. The minimum atomic E-state index is -1.00. The highest BCUT2D eigenvalue weighted by Crippen LogP contribution is 2.11. The first-order valence-electron chi connectivity index (χ1n) is 5.47. The van der Waals surface area contributed by atoms with Gasteiger partial charge in [0.1, 0.15) is 0 Å². The molecule has 0 saturated carbocycles. The summed E-state index contributed by atoms with van der Waals surface area (Å²) >= 11 is 4.77. The quantitative estimate of drug-likeness (QED) is 0.802. The molecule has 3 nitrogen and oxygen atoms in total. The van der Waals surface area contributed by atoms with Crippen LogP contribution in [-0.4, -0.2) is 16.9 Å². The van der Waals surface area contributed by atoms with E-state index in [-0.39, 0.29) is 17.0 Å². The van der Waals surface area contributed by atoms with Crippen molar-refractivity contribution in [1.82, 2.24) is 5.32 Å². The van der Waals surface area contributed by atoms with Gasteiger partial charge in [0, 0.05) is 5.56 Å². The standard InChI is InChI=1S/C12H14F2N2OS/c1-2-9(12(15)18)16-10(17)6-7-4-3-5-8(13)11(7)14/h3-5,9H,2,6H2,1H3,(H2,15,18)(H,16,17). The van der Waals surface area contributed by atoms with Gasteiger partial charge in [0.15, 0.2) is 11.6 Å². The van der Waals surface area contributed by atoms with Crippen LogP contribution in [0.3, 0.4) is 0 Å². The van der Waals surface area contributed by atoms with E-state index in [1.165, 1.54) is 12.1 Å². The van der Waals surface area contributed by atoms with Crippen LogP contribution in [0.2, 0.25) is 0 Å². The summed E-state index contributed by atoms with van der Waals surface area (Å²) in [4.78, 5) is 11.8. The van der Waals surface area contributed by atoms with Crippen LogP contribution in [0.25, 0.3) is 0 Å². The molecule has 1 rings (SSSR count). The molecule has 6 heteroatoms. The molecule has 1 atom stereocenters. The Kier molecular flexibility index (Phi) is 5.15. The Bertz CT molecular complexity index is 465. The van der Waals surface area contributed by atoms with Crippen LogP contribution in [0.5, 0.6) is 0 Å². The monoisotopic (exact) mass is 272 g/mol. The van der Waals surface area contributed by atoms with Crippen molar-refractivity contribution in [1.29, 1.82) is 0 Å². The van der Waals surface area contributed by atoms with E-state index in [9.17, 15) is 13.6 Å². The van der Waals surface area contributed by atoms with Crippen molar-refractivity contribution in [3.05, 3.63) is 35.4 Å². The van der Waals surface area contributed by atoms with Crippen LogP contribution >= 0.6 is 12.2 Å². The van der Waals surface area contributed by atoms with Crippen LogP contribution in [0.1, 0.15) is 18.9 Å². The molecule has 0 fully saturated rings. The van der Waals surface area contributed by atoms with Crippen molar-refractivity contribution in [2.24, 2.45) is 5.73 Å². The summed E-state index contributed by atoms with van der Waals surface area (Å²) in [6.07, 6.45) is 0.301. The zero-order valence-electron chi connectivity index (χ0n) is 9.87. The second-order valence-corrected chi connectivity index (χ2v) is 4.29. The Labute approximate surface area is 109 Å². The molecule has 98 valence electrons. The van der Waals surface area contributed by atoms with Crippen molar-refractivity contribution in [2.75, 3.05) is 0 Å². The predicted octanol–water partition coefficient (Wildman–Crippen LogP) is 1.69. The lowest BCUT2D eigenvalue weighted by Gasteiger charge is -2.15. The van der Waals surface area contributed by atoms with E-state index in [4.69, 9.17) is 18.0 Å². The Morgan fingerprint density at radius 2 is 2.17 bits per heavy atom. The number of benzene rings is 1. The minimum absolute atomic E-state index is 0.00490. The highest BCUT2D eigenvalue weighted by atomic mass is 32.1. The van der Waals surface area contributed by atoms with Gasteiger partial charge < -0.3 is 11.1 Å². The Balaban J connectivity index is 2.70. The third-order valence-corrected chi connectivity index (χ3v) is 2.75. The van der Waals surface area contributed by atoms with E-state index in [0.717, 1.165) is 6.07 Å². The second-order valence-electron chi connectivity index (χ2n) is 3.82. The Morgan fingerprint density at radius 3 is 2.72 bits per heavy atom. The average Bonchev–Trinajstić information content (AvgIpc) is 2.31. The van der Waals surface area contributed by atoms with Gasteiger partial charge in [-0.25, -0.2) is 8.78 Å². The molecule has 0 heterocycles. The second kappa shape index (κ2) is 6.39. The molecule has 0 radical (unpaired) electrons. The number of carbonyl (C=O) groups excluding carboxylic acids is 1. The van der Waals surface area contributed by atoms with Gasteiger partial charge in [0.05, 0.1) is 17.5 Å². The number of nitrogens with two attached hydrogens (primary N) is 1. The lowest BCUT2D eigenvalue weighted by atomic mass is 10.1. The molecule has 0 spiro atoms. The maximum Gasteiger partial charge on any atom is 0.225 e. The zero-order chi connectivity index (χ0) is 13.7. The molecule has 0 aliphatic carbocycles.